The largest absolute Gasteiger partial charge is 0.481 e. The van der Waals surface area contributed by atoms with Gasteiger partial charge in [-0.05, 0) is 13.0 Å². The van der Waals surface area contributed by atoms with Crippen molar-refractivity contribution in [2.45, 2.75) is 18.8 Å². The second kappa shape index (κ2) is 5.33. The van der Waals surface area contributed by atoms with Gasteiger partial charge in [-0.1, -0.05) is 0 Å². The fraction of sp³-hybridized carbons (Fsp3) is 0.385. The molecular formula is C13H15ClN6O. The summed E-state index contributed by atoms with van der Waals surface area (Å²) in [5, 5.41) is 7.76. The van der Waals surface area contributed by atoms with E-state index in [4.69, 9.17) is 16.3 Å². The van der Waals surface area contributed by atoms with Crippen LogP contribution in [0.2, 0.25) is 0 Å². The third-order valence-corrected chi connectivity index (χ3v) is 3.46. The van der Waals surface area contributed by atoms with Crippen LogP contribution in [0.5, 0.6) is 5.88 Å². The fourth-order valence-electron chi connectivity index (χ4n) is 2.17. The molecule has 0 spiro atoms. The van der Waals surface area contributed by atoms with Crippen molar-refractivity contribution >= 4 is 22.8 Å². The summed E-state index contributed by atoms with van der Waals surface area (Å²) in [6.45, 7) is 2.38. The summed E-state index contributed by atoms with van der Waals surface area (Å²) in [5.74, 6) is 2.09. The van der Waals surface area contributed by atoms with Crippen molar-refractivity contribution in [2.24, 2.45) is 7.05 Å². The molecule has 0 saturated carbocycles. The molecule has 7 nitrogen and oxygen atoms in total. The first-order chi connectivity index (χ1) is 10.1. The van der Waals surface area contributed by atoms with E-state index in [0.29, 0.717) is 12.4 Å². The number of aryl methyl sites for hydroxylation is 1. The molecule has 0 aliphatic rings. The van der Waals surface area contributed by atoms with Crippen LogP contribution in [-0.4, -0.2) is 36.4 Å². The zero-order valence-corrected chi connectivity index (χ0v) is 12.7. The number of imidazole rings is 1. The van der Waals surface area contributed by atoms with Crippen molar-refractivity contribution < 1.29 is 4.74 Å². The van der Waals surface area contributed by atoms with Gasteiger partial charge in [-0.2, -0.15) is 4.98 Å². The average molecular weight is 307 g/mol. The highest BCUT2D eigenvalue weighted by molar-refractivity contribution is 6.20. The standard InChI is InChI=1S/C13H15ClN6O/c1-8(14)12-16-9-4-5-11(21-3)17-13(9)20(12)6-10-18-15-7-19(10)2/h4-5,7-8H,6H2,1-3H3. The molecule has 0 saturated heterocycles. The third-order valence-electron chi connectivity index (χ3n) is 3.27. The molecule has 3 aromatic rings. The monoisotopic (exact) mass is 306 g/mol. The van der Waals surface area contributed by atoms with E-state index >= 15 is 0 Å². The lowest BCUT2D eigenvalue weighted by Gasteiger charge is -2.09. The number of pyridine rings is 1. The lowest BCUT2D eigenvalue weighted by atomic mass is 10.4. The van der Waals surface area contributed by atoms with E-state index in [0.717, 1.165) is 22.8 Å². The Kier molecular flexibility index (Phi) is 3.50. The molecule has 3 rings (SSSR count). The van der Waals surface area contributed by atoms with Crippen molar-refractivity contribution in [1.29, 1.82) is 0 Å². The molecule has 1 atom stereocenters. The molecule has 1 unspecified atom stereocenters. The van der Waals surface area contributed by atoms with Crippen LogP contribution in [0.4, 0.5) is 0 Å². The van der Waals surface area contributed by atoms with Crippen molar-refractivity contribution in [3.63, 3.8) is 0 Å². The molecule has 0 fully saturated rings. The van der Waals surface area contributed by atoms with E-state index < -0.39 is 0 Å². The first-order valence-electron chi connectivity index (χ1n) is 6.48. The second-order valence-electron chi connectivity index (χ2n) is 4.73. The Balaban J connectivity index is 2.17. The predicted molar refractivity (Wildman–Crippen MR) is 78.5 cm³/mol. The maximum atomic E-state index is 6.25. The molecule has 0 amide bonds. The number of nitrogens with zero attached hydrogens (tertiary/aromatic N) is 6. The Morgan fingerprint density at radius 3 is 2.76 bits per heavy atom. The van der Waals surface area contributed by atoms with Gasteiger partial charge in [-0.15, -0.1) is 21.8 Å². The zero-order chi connectivity index (χ0) is 15.0. The van der Waals surface area contributed by atoms with Crippen LogP contribution in [-0.2, 0) is 13.6 Å². The predicted octanol–water partition coefficient (Wildman–Crippen LogP) is 1.92. The number of halogens is 1. The van der Waals surface area contributed by atoms with Crippen LogP contribution in [0, 0.1) is 0 Å². The molecule has 21 heavy (non-hydrogen) atoms. The van der Waals surface area contributed by atoms with E-state index in [2.05, 4.69) is 20.2 Å². The average Bonchev–Trinajstić information content (AvgIpc) is 3.03. The minimum absolute atomic E-state index is 0.238. The molecule has 8 heteroatoms. The normalized spacial score (nSPS) is 12.8. The first kappa shape index (κ1) is 13.8. The van der Waals surface area contributed by atoms with Crippen LogP contribution < -0.4 is 4.74 Å². The summed E-state index contributed by atoms with van der Waals surface area (Å²) in [6, 6.07) is 3.65. The van der Waals surface area contributed by atoms with Gasteiger partial charge >= 0.3 is 0 Å². The molecule has 0 aliphatic carbocycles. The lowest BCUT2D eigenvalue weighted by Crippen LogP contribution is -2.10. The van der Waals surface area contributed by atoms with Gasteiger partial charge in [0.2, 0.25) is 5.88 Å². The smallest absolute Gasteiger partial charge is 0.215 e. The van der Waals surface area contributed by atoms with Gasteiger partial charge in [-0.25, -0.2) is 4.98 Å². The molecule has 0 N–H and O–H groups in total. The maximum absolute atomic E-state index is 6.25. The molecule has 110 valence electrons. The van der Waals surface area contributed by atoms with Crippen molar-refractivity contribution in [3.8, 4) is 5.88 Å². The number of methoxy groups -OCH3 is 1. The lowest BCUT2D eigenvalue weighted by molar-refractivity contribution is 0.399. The second-order valence-corrected chi connectivity index (χ2v) is 5.38. The topological polar surface area (TPSA) is 70.7 Å². The summed E-state index contributed by atoms with van der Waals surface area (Å²) >= 11 is 6.25. The molecule has 0 radical (unpaired) electrons. The Hall–Kier alpha value is -2.15. The highest BCUT2D eigenvalue weighted by Crippen LogP contribution is 2.25. The van der Waals surface area contributed by atoms with Crippen LogP contribution in [0.1, 0.15) is 23.9 Å². The Morgan fingerprint density at radius 2 is 2.14 bits per heavy atom. The molecule has 0 aliphatic heterocycles. The van der Waals surface area contributed by atoms with Gasteiger partial charge in [-0.3, -0.25) is 0 Å². The van der Waals surface area contributed by atoms with Gasteiger partial charge in [0.15, 0.2) is 11.5 Å². The summed E-state index contributed by atoms with van der Waals surface area (Å²) in [6.07, 6.45) is 1.66. The quantitative estimate of drug-likeness (QED) is 0.689. The van der Waals surface area contributed by atoms with E-state index in [1.54, 1.807) is 19.5 Å². The van der Waals surface area contributed by atoms with Crippen LogP contribution in [0.25, 0.3) is 11.2 Å². The Morgan fingerprint density at radius 1 is 1.33 bits per heavy atom. The Labute approximate surface area is 126 Å². The third kappa shape index (κ3) is 2.44. The van der Waals surface area contributed by atoms with Gasteiger partial charge in [0.05, 0.1) is 19.0 Å². The number of rotatable bonds is 4. The summed E-state index contributed by atoms with van der Waals surface area (Å²) in [5.41, 5.74) is 1.50. The van der Waals surface area contributed by atoms with Gasteiger partial charge < -0.3 is 13.9 Å². The maximum Gasteiger partial charge on any atom is 0.215 e. The number of hydrogen-bond acceptors (Lipinski definition) is 5. The zero-order valence-electron chi connectivity index (χ0n) is 12.0. The van der Waals surface area contributed by atoms with Crippen LogP contribution in [0.3, 0.4) is 0 Å². The van der Waals surface area contributed by atoms with Gasteiger partial charge in [0, 0.05) is 13.1 Å². The number of aromatic nitrogens is 6. The first-order valence-corrected chi connectivity index (χ1v) is 6.92. The van der Waals surface area contributed by atoms with E-state index in [-0.39, 0.29) is 5.38 Å². The van der Waals surface area contributed by atoms with Crippen molar-refractivity contribution in [1.82, 2.24) is 29.3 Å². The molecular weight excluding hydrogens is 292 g/mol. The summed E-state index contributed by atoms with van der Waals surface area (Å²) in [7, 11) is 3.48. The van der Waals surface area contributed by atoms with Gasteiger partial charge in [0.25, 0.3) is 0 Å². The molecule has 3 heterocycles. The number of hydrogen-bond donors (Lipinski definition) is 0. The highest BCUT2D eigenvalue weighted by atomic mass is 35.5. The van der Waals surface area contributed by atoms with Crippen LogP contribution >= 0.6 is 11.6 Å². The Bertz CT molecular complexity index is 778. The molecule has 3 aromatic heterocycles. The van der Waals surface area contributed by atoms with E-state index in [1.165, 1.54) is 0 Å². The van der Waals surface area contributed by atoms with E-state index in [1.807, 2.05) is 29.2 Å². The van der Waals surface area contributed by atoms with Gasteiger partial charge in [0.1, 0.15) is 17.7 Å². The van der Waals surface area contributed by atoms with Crippen molar-refractivity contribution in [3.05, 3.63) is 30.1 Å². The SMILES string of the molecule is COc1ccc2nc(C(C)Cl)n(Cc3nncn3C)c2n1. The van der Waals surface area contributed by atoms with E-state index in [9.17, 15) is 0 Å². The number of alkyl halides is 1. The molecule has 0 aromatic carbocycles. The number of fused-ring (bicyclic) bond motifs is 1. The highest BCUT2D eigenvalue weighted by Gasteiger charge is 2.18. The van der Waals surface area contributed by atoms with Crippen molar-refractivity contribution in [2.75, 3.05) is 7.11 Å². The summed E-state index contributed by atoms with van der Waals surface area (Å²) in [4.78, 5) is 9.02. The minimum Gasteiger partial charge on any atom is -0.481 e. The minimum atomic E-state index is -0.238. The summed E-state index contributed by atoms with van der Waals surface area (Å²) < 4.78 is 8.99. The molecule has 0 bridgehead atoms. The van der Waals surface area contributed by atoms with Crippen LogP contribution in [0.15, 0.2) is 18.5 Å². The fourth-order valence-corrected chi connectivity index (χ4v) is 2.33. The number of ether oxygens (including phenoxy) is 1.